The van der Waals surface area contributed by atoms with E-state index < -0.39 is 0 Å². The third-order valence-electron chi connectivity index (χ3n) is 4.02. The van der Waals surface area contributed by atoms with E-state index in [9.17, 15) is 0 Å². The number of aryl methyl sites for hydroxylation is 1. The van der Waals surface area contributed by atoms with E-state index in [-0.39, 0.29) is 0 Å². The molecule has 1 saturated carbocycles. The Morgan fingerprint density at radius 2 is 1.81 bits per heavy atom. The molecule has 1 fully saturated rings. The molecule has 16 heavy (non-hydrogen) atoms. The summed E-state index contributed by atoms with van der Waals surface area (Å²) in [6, 6.07) is 8.67. The van der Waals surface area contributed by atoms with Crippen molar-refractivity contribution in [3.05, 3.63) is 35.5 Å². The summed E-state index contributed by atoms with van der Waals surface area (Å²) in [6.07, 6.45) is 6.97. The number of hydrogen-bond donors (Lipinski definition) is 1. The number of para-hydroxylation sites is 1. The summed E-state index contributed by atoms with van der Waals surface area (Å²) in [5.41, 5.74) is 4.28. The molecular formula is C15H19N. The first kappa shape index (κ1) is 9.95. The van der Waals surface area contributed by atoms with E-state index in [1.165, 1.54) is 54.3 Å². The van der Waals surface area contributed by atoms with Crippen LogP contribution in [0.2, 0.25) is 0 Å². The Hall–Kier alpha value is -1.24. The van der Waals surface area contributed by atoms with Crippen molar-refractivity contribution < 1.29 is 0 Å². The van der Waals surface area contributed by atoms with Crippen LogP contribution in [0.25, 0.3) is 10.9 Å². The van der Waals surface area contributed by atoms with Crippen molar-refractivity contribution in [1.82, 2.24) is 4.98 Å². The van der Waals surface area contributed by atoms with Crippen molar-refractivity contribution in [3.63, 3.8) is 0 Å². The Labute approximate surface area is 96.9 Å². The highest BCUT2D eigenvalue weighted by atomic mass is 14.7. The lowest BCUT2D eigenvalue weighted by Crippen LogP contribution is -2.05. The molecule has 1 aromatic heterocycles. The number of nitrogens with one attached hydrogen (secondary N) is 1. The summed E-state index contributed by atoms with van der Waals surface area (Å²) in [6.45, 7) is 2.27. The van der Waals surface area contributed by atoms with Crippen molar-refractivity contribution in [3.8, 4) is 0 Å². The predicted octanol–water partition coefficient (Wildman–Crippen LogP) is 4.52. The maximum absolute atomic E-state index is 3.63. The molecule has 0 unspecified atom stereocenters. The van der Waals surface area contributed by atoms with E-state index in [4.69, 9.17) is 0 Å². The van der Waals surface area contributed by atoms with E-state index in [2.05, 4.69) is 36.2 Å². The molecule has 0 amide bonds. The van der Waals surface area contributed by atoms with Gasteiger partial charge in [-0.1, -0.05) is 37.5 Å². The Kier molecular flexibility index (Phi) is 2.47. The van der Waals surface area contributed by atoms with Gasteiger partial charge < -0.3 is 4.98 Å². The van der Waals surface area contributed by atoms with Crippen LogP contribution in [0.1, 0.15) is 49.3 Å². The van der Waals surface area contributed by atoms with Gasteiger partial charge in [0.15, 0.2) is 0 Å². The fourth-order valence-corrected chi connectivity index (χ4v) is 3.10. The Morgan fingerprint density at radius 3 is 2.56 bits per heavy atom. The zero-order valence-electron chi connectivity index (χ0n) is 9.92. The number of aromatic nitrogens is 1. The average molecular weight is 213 g/mol. The Bertz CT molecular complexity index is 489. The molecule has 1 aliphatic rings. The second-order valence-corrected chi connectivity index (χ2v) is 5.04. The van der Waals surface area contributed by atoms with Crippen LogP contribution in [0.4, 0.5) is 0 Å². The smallest absolute Gasteiger partial charge is 0.0458 e. The van der Waals surface area contributed by atoms with Crippen LogP contribution in [0.15, 0.2) is 24.3 Å². The van der Waals surface area contributed by atoms with Crippen LogP contribution in [0.5, 0.6) is 0 Å². The number of rotatable bonds is 1. The van der Waals surface area contributed by atoms with Crippen LogP contribution >= 0.6 is 0 Å². The van der Waals surface area contributed by atoms with Crippen LogP contribution in [-0.4, -0.2) is 4.98 Å². The van der Waals surface area contributed by atoms with Gasteiger partial charge in [-0.15, -0.1) is 0 Å². The first-order valence-corrected chi connectivity index (χ1v) is 6.43. The lowest BCUT2D eigenvalue weighted by Gasteiger charge is -2.21. The molecule has 1 aromatic carbocycles. The van der Waals surface area contributed by atoms with Crippen LogP contribution in [0.3, 0.4) is 0 Å². The largest absolute Gasteiger partial charge is 0.358 e. The number of H-pyrrole nitrogens is 1. The summed E-state index contributed by atoms with van der Waals surface area (Å²) in [5, 5.41) is 1.41. The van der Waals surface area contributed by atoms with Crippen molar-refractivity contribution in [2.75, 3.05) is 0 Å². The standard InChI is InChI=1S/C15H19N/c1-11-13-9-5-6-10-14(13)16-15(11)12-7-3-2-4-8-12/h5-6,9-10,12,16H,2-4,7-8H2,1H3. The highest BCUT2D eigenvalue weighted by Gasteiger charge is 2.19. The molecule has 0 radical (unpaired) electrons. The molecule has 1 aliphatic carbocycles. The normalized spacial score (nSPS) is 18.1. The fourth-order valence-electron chi connectivity index (χ4n) is 3.10. The molecule has 0 bridgehead atoms. The fraction of sp³-hybridized carbons (Fsp3) is 0.467. The Morgan fingerprint density at radius 1 is 1.06 bits per heavy atom. The summed E-state index contributed by atoms with van der Waals surface area (Å²) in [7, 11) is 0. The molecule has 0 spiro atoms. The zero-order valence-corrected chi connectivity index (χ0v) is 9.92. The molecule has 1 heteroatoms. The summed E-state index contributed by atoms with van der Waals surface area (Å²) in [5.74, 6) is 0.779. The third kappa shape index (κ3) is 1.55. The van der Waals surface area contributed by atoms with Gasteiger partial charge in [-0.3, -0.25) is 0 Å². The molecule has 0 aliphatic heterocycles. The summed E-state index contributed by atoms with van der Waals surface area (Å²) in [4.78, 5) is 3.63. The quantitative estimate of drug-likeness (QED) is 0.716. The topological polar surface area (TPSA) is 15.8 Å². The lowest BCUT2D eigenvalue weighted by atomic mass is 9.85. The van der Waals surface area contributed by atoms with E-state index in [0.717, 1.165) is 5.92 Å². The van der Waals surface area contributed by atoms with Gasteiger partial charge in [0.25, 0.3) is 0 Å². The molecule has 0 atom stereocenters. The van der Waals surface area contributed by atoms with E-state index in [1.54, 1.807) is 0 Å². The molecule has 0 saturated heterocycles. The monoisotopic (exact) mass is 213 g/mol. The minimum absolute atomic E-state index is 0.779. The summed E-state index contributed by atoms with van der Waals surface area (Å²) < 4.78 is 0. The first-order valence-electron chi connectivity index (χ1n) is 6.43. The van der Waals surface area contributed by atoms with Crippen molar-refractivity contribution in [2.45, 2.75) is 44.9 Å². The van der Waals surface area contributed by atoms with Gasteiger partial charge in [-0.05, 0) is 37.3 Å². The maximum Gasteiger partial charge on any atom is 0.0458 e. The zero-order chi connectivity index (χ0) is 11.0. The molecule has 3 rings (SSSR count). The van der Waals surface area contributed by atoms with Crippen molar-refractivity contribution in [2.24, 2.45) is 0 Å². The van der Waals surface area contributed by atoms with E-state index in [1.807, 2.05) is 0 Å². The number of benzene rings is 1. The second-order valence-electron chi connectivity index (χ2n) is 5.04. The van der Waals surface area contributed by atoms with Gasteiger partial charge in [0.05, 0.1) is 0 Å². The van der Waals surface area contributed by atoms with Gasteiger partial charge in [0.2, 0.25) is 0 Å². The lowest BCUT2D eigenvalue weighted by molar-refractivity contribution is 0.437. The van der Waals surface area contributed by atoms with E-state index >= 15 is 0 Å². The minimum atomic E-state index is 0.779. The van der Waals surface area contributed by atoms with Gasteiger partial charge in [-0.2, -0.15) is 0 Å². The molecule has 84 valence electrons. The third-order valence-corrected chi connectivity index (χ3v) is 4.02. The maximum atomic E-state index is 3.63. The van der Waals surface area contributed by atoms with Gasteiger partial charge in [0, 0.05) is 16.6 Å². The molecule has 1 heterocycles. The van der Waals surface area contributed by atoms with Gasteiger partial charge in [0.1, 0.15) is 0 Å². The minimum Gasteiger partial charge on any atom is -0.358 e. The highest BCUT2D eigenvalue weighted by molar-refractivity contribution is 5.84. The van der Waals surface area contributed by atoms with Gasteiger partial charge >= 0.3 is 0 Å². The molecule has 1 N–H and O–H groups in total. The number of fused-ring (bicyclic) bond motifs is 1. The summed E-state index contributed by atoms with van der Waals surface area (Å²) >= 11 is 0. The van der Waals surface area contributed by atoms with E-state index in [0.29, 0.717) is 0 Å². The Balaban J connectivity index is 2.05. The van der Waals surface area contributed by atoms with Crippen molar-refractivity contribution >= 4 is 10.9 Å². The second kappa shape index (κ2) is 3.97. The number of hydrogen-bond acceptors (Lipinski definition) is 0. The number of aromatic amines is 1. The van der Waals surface area contributed by atoms with Crippen LogP contribution < -0.4 is 0 Å². The van der Waals surface area contributed by atoms with Crippen molar-refractivity contribution in [1.29, 1.82) is 0 Å². The average Bonchev–Trinajstić information content (AvgIpc) is 2.69. The van der Waals surface area contributed by atoms with Crippen LogP contribution in [0, 0.1) is 6.92 Å². The highest BCUT2D eigenvalue weighted by Crippen LogP contribution is 2.36. The molecule has 2 aromatic rings. The van der Waals surface area contributed by atoms with Gasteiger partial charge in [-0.25, -0.2) is 0 Å². The molecular weight excluding hydrogens is 194 g/mol. The van der Waals surface area contributed by atoms with Crippen LogP contribution in [-0.2, 0) is 0 Å². The molecule has 1 nitrogen and oxygen atoms in total. The SMILES string of the molecule is Cc1c(C2CCCCC2)[nH]c2ccccc12. The first-order chi connectivity index (χ1) is 7.86. The predicted molar refractivity (Wildman–Crippen MR) is 68.9 cm³/mol.